The molecule has 0 fully saturated rings. The molecule has 2 rings (SSSR count). The molecule has 0 saturated heterocycles. The molecule has 0 aliphatic rings. The number of hydrogen-bond donors (Lipinski definition) is 1. The van der Waals surface area contributed by atoms with Gasteiger partial charge < -0.3 is 14.6 Å². The van der Waals surface area contributed by atoms with Crippen LogP contribution >= 0.6 is 0 Å². The third kappa shape index (κ3) is 2.98. The molecule has 1 aromatic heterocycles. The van der Waals surface area contributed by atoms with Gasteiger partial charge in [-0.3, -0.25) is 0 Å². The van der Waals surface area contributed by atoms with E-state index in [1.165, 1.54) is 0 Å². The van der Waals surface area contributed by atoms with Gasteiger partial charge in [0, 0.05) is 12.7 Å². The summed E-state index contributed by atoms with van der Waals surface area (Å²) in [4.78, 5) is 13.7. The summed E-state index contributed by atoms with van der Waals surface area (Å²) in [6, 6.07) is 12.0. The predicted molar refractivity (Wildman–Crippen MR) is 75.1 cm³/mol. The Morgan fingerprint density at radius 3 is 2.60 bits per heavy atom. The smallest absolute Gasteiger partial charge is 0.322 e. The number of benzene rings is 1. The Labute approximate surface area is 117 Å². The minimum atomic E-state index is -0.237. The highest BCUT2D eigenvalue weighted by Gasteiger charge is 2.19. The summed E-state index contributed by atoms with van der Waals surface area (Å²) in [5.41, 5.74) is 1.20. The average molecular weight is 269 g/mol. The van der Waals surface area contributed by atoms with Crippen molar-refractivity contribution in [2.45, 2.75) is 13.0 Å². The topological polar surface area (TPSA) is 69.3 Å². The predicted octanol–water partition coefficient (Wildman–Crippen LogP) is 3.38. The van der Waals surface area contributed by atoms with Crippen molar-refractivity contribution in [3.63, 3.8) is 0 Å². The number of furan rings is 1. The largest absolute Gasteiger partial charge is 0.467 e. The van der Waals surface area contributed by atoms with E-state index in [2.05, 4.69) is 5.32 Å². The first kappa shape index (κ1) is 13.7. The van der Waals surface area contributed by atoms with Crippen molar-refractivity contribution in [3.05, 3.63) is 54.0 Å². The summed E-state index contributed by atoms with van der Waals surface area (Å²) >= 11 is 0. The van der Waals surface area contributed by atoms with Crippen LogP contribution in [0.1, 0.15) is 24.3 Å². The number of amides is 2. The first-order valence-electron chi connectivity index (χ1n) is 6.19. The first-order chi connectivity index (χ1) is 9.61. The Kier molecular flexibility index (Phi) is 4.06. The zero-order valence-corrected chi connectivity index (χ0v) is 11.3. The van der Waals surface area contributed by atoms with Gasteiger partial charge in [-0.15, -0.1) is 0 Å². The Balaban J connectivity index is 2.02. The summed E-state index contributed by atoms with van der Waals surface area (Å²) in [5.74, 6) is 0.725. The van der Waals surface area contributed by atoms with Crippen LogP contribution in [-0.2, 0) is 0 Å². The molecule has 2 aromatic rings. The molecule has 0 saturated carbocycles. The molecular weight excluding hydrogens is 254 g/mol. The second-order valence-electron chi connectivity index (χ2n) is 4.42. The van der Waals surface area contributed by atoms with E-state index in [0.717, 1.165) is 5.76 Å². The minimum Gasteiger partial charge on any atom is -0.467 e. The fourth-order valence-electron chi connectivity index (χ4n) is 1.74. The van der Waals surface area contributed by atoms with Crippen LogP contribution in [-0.4, -0.2) is 18.0 Å². The van der Waals surface area contributed by atoms with Crippen LogP contribution < -0.4 is 5.32 Å². The number of nitriles is 1. The van der Waals surface area contributed by atoms with E-state index in [9.17, 15) is 4.79 Å². The molecular formula is C15H15N3O2. The molecule has 20 heavy (non-hydrogen) atoms. The summed E-state index contributed by atoms with van der Waals surface area (Å²) in [5, 5.41) is 11.5. The molecule has 1 heterocycles. The lowest BCUT2D eigenvalue weighted by Crippen LogP contribution is -2.33. The molecule has 1 atom stereocenters. The molecule has 0 aliphatic carbocycles. The van der Waals surface area contributed by atoms with Crippen LogP contribution in [0.2, 0.25) is 0 Å². The van der Waals surface area contributed by atoms with Crippen LogP contribution in [0.4, 0.5) is 10.5 Å². The lowest BCUT2D eigenvalue weighted by molar-refractivity contribution is 0.201. The average Bonchev–Trinajstić information content (AvgIpc) is 3.00. The highest BCUT2D eigenvalue weighted by molar-refractivity contribution is 5.89. The van der Waals surface area contributed by atoms with E-state index < -0.39 is 0 Å². The molecule has 5 nitrogen and oxygen atoms in total. The number of nitrogens with zero attached hydrogens (tertiary/aromatic N) is 2. The standard InChI is InChI=1S/C15H15N3O2/c1-11(14-4-3-9-20-14)18(2)15(19)17-13-7-5-12(10-16)6-8-13/h3-9,11H,1-2H3,(H,17,19). The molecule has 1 N–H and O–H groups in total. The van der Waals surface area contributed by atoms with Gasteiger partial charge in [0.05, 0.1) is 23.9 Å². The van der Waals surface area contributed by atoms with Crippen molar-refractivity contribution in [3.8, 4) is 6.07 Å². The normalized spacial score (nSPS) is 11.4. The van der Waals surface area contributed by atoms with Gasteiger partial charge in [-0.2, -0.15) is 5.26 Å². The molecule has 0 spiro atoms. The first-order valence-corrected chi connectivity index (χ1v) is 6.19. The van der Waals surface area contributed by atoms with Gasteiger partial charge in [-0.05, 0) is 43.3 Å². The van der Waals surface area contributed by atoms with Crippen molar-refractivity contribution in [1.82, 2.24) is 4.90 Å². The van der Waals surface area contributed by atoms with Crippen LogP contribution in [0, 0.1) is 11.3 Å². The number of anilines is 1. The lowest BCUT2D eigenvalue weighted by atomic mass is 10.2. The number of carbonyl (C=O) groups is 1. The maximum atomic E-state index is 12.1. The fourth-order valence-corrected chi connectivity index (χ4v) is 1.74. The second-order valence-corrected chi connectivity index (χ2v) is 4.42. The quantitative estimate of drug-likeness (QED) is 0.928. The molecule has 5 heteroatoms. The van der Waals surface area contributed by atoms with Crippen LogP contribution in [0.15, 0.2) is 47.1 Å². The number of urea groups is 1. The Hall–Kier alpha value is -2.74. The molecule has 2 amide bonds. The van der Waals surface area contributed by atoms with E-state index in [-0.39, 0.29) is 12.1 Å². The zero-order valence-electron chi connectivity index (χ0n) is 11.3. The third-order valence-electron chi connectivity index (χ3n) is 3.12. The number of nitrogens with one attached hydrogen (secondary N) is 1. The van der Waals surface area contributed by atoms with E-state index in [1.54, 1.807) is 48.5 Å². The van der Waals surface area contributed by atoms with Gasteiger partial charge >= 0.3 is 6.03 Å². The van der Waals surface area contributed by atoms with Crippen molar-refractivity contribution < 1.29 is 9.21 Å². The van der Waals surface area contributed by atoms with Crippen LogP contribution in [0.5, 0.6) is 0 Å². The van der Waals surface area contributed by atoms with Gasteiger partial charge in [0.1, 0.15) is 5.76 Å². The van der Waals surface area contributed by atoms with Gasteiger partial charge in [0.15, 0.2) is 0 Å². The molecule has 1 aromatic carbocycles. The summed E-state index contributed by atoms with van der Waals surface area (Å²) < 4.78 is 5.29. The van der Waals surface area contributed by atoms with Crippen molar-refractivity contribution in [2.24, 2.45) is 0 Å². The van der Waals surface area contributed by atoms with Gasteiger partial charge in [-0.1, -0.05) is 0 Å². The maximum absolute atomic E-state index is 12.1. The third-order valence-corrected chi connectivity index (χ3v) is 3.12. The van der Waals surface area contributed by atoms with Crippen LogP contribution in [0.3, 0.4) is 0 Å². The Morgan fingerprint density at radius 2 is 2.05 bits per heavy atom. The number of rotatable bonds is 3. The molecule has 0 bridgehead atoms. The summed E-state index contributed by atoms with van der Waals surface area (Å²) in [6.07, 6.45) is 1.58. The van der Waals surface area contributed by atoms with Crippen molar-refractivity contribution >= 4 is 11.7 Å². The van der Waals surface area contributed by atoms with Gasteiger partial charge in [0.25, 0.3) is 0 Å². The molecule has 102 valence electrons. The molecule has 0 radical (unpaired) electrons. The van der Waals surface area contributed by atoms with Crippen LogP contribution in [0.25, 0.3) is 0 Å². The molecule has 0 aliphatic heterocycles. The SMILES string of the molecule is CC(c1ccco1)N(C)C(=O)Nc1ccc(C#N)cc1. The van der Waals surface area contributed by atoms with E-state index in [4.69, 9.17) is 9.68 Å². The molecule has 1 unspecified atom stereocenters. The van der Waals surface area contributed by atoms with E-state index in [1.807, 2.05) is 19.1 Å². The summed E-state index contributed by atoms with van der Waals surface area (Å²) in [7, 11) is 1.70. The highest BCUT2D eigenvalue weighted by atomic mass is 16.3. The number of carbonyl (C=O) groups excluding carboxylic acids is 1. The zero-order chi connectivity index (χ0) is 14.5. The lowest BCUT2D eigenvalue weighted by Gasteiger charge is -2.23. The summed E-state index contributed by atoms with van der Waals surface area (Å²) in [6.45, 7) is 1.89. The van der Waals surface area contributed by atoms with Gasteiger partial charge in [-0.25, -0.2) is 4.79 Å². The highest BCUT2D eigenvalue weighted by Crippen LogP contribution is 2.20. The van der Waals surface area contributed by atoms with Crippen molar-refractivity contribution in [2.75, 3.05) is 12.4 Å². The Morgan fingerprint density at radius 1 is 1.35 bits per heavy atom. The van der Waals surface area contributed by atoms with Crippen molar-refractivity contribution in [1.29, 1.82) is 5.26 Å². The fraction of sp³-hybridized carbons (Fsp3) is 0.200. The van der Waals surface area contributed by atoms with Gasteiger partial charge in [0.2, 0.25) is 0 Å². The van der Waals surface area contributed by atoms with E-state index >= 15 is 0 Å². The minimum absolute atomic E-state index is 0.164. The number of hydrogen-bond acceptors (Lipinski definition) is 3. The maximum Gasteiger partial charge on any atom is 0.322 e. The second kappa shape index (κ2) is 5.93. The van der Waals surface area contributed by atoms with E-state index in [0.29, 0.717) is 11.3 Å². The monoisotopic (exact) mass is 269 g/mol. The Bertz CT molecular complexity index is 612.